The summed E-state index contributed by atoms with van der Waals surface area (Å²) < 4.78 is 6.27. The average molecular weight is 399 g/mol. The Balaban J connectivity index is 2.26. The molecule has 3 rings (SSSR count). The summed E-state index contributed by atoms with van der Waals surface area (Å²) in [5.74, 6) is -0.847. The standard InChI is InChI=1S/C20H21N3O4S/c1-5-27-18(25)15-13-11-28-16(21-19(26)20(2,3)4)14(13)17(24)23(22-15)12-9-7-6-8-10-12/h6-11H,5H2,1-4H3,(H,21,26). The van der Waals surface area contributed by atoms with Crippen LogP contribution >= 0.6 is 11.3 Å². The molecule has 3 aromatic rings. The van der Waals surface area contributed by atoms with Crippen LogP contribution in [0.5, 0.6) is 0 Å². The van der Waals surface area contributed by atoms with Crippen LogP contribution in [0.3, 0.4) is 0 Å². The number of ether oxygens (including phenoxy) is 1. The summed E-state index contributed by atoms with van der Waals surface area (Å²) in [5.41, 5.74) is -0.502. The first kappa shape index (κ1) is 19.8. The highest BCUT2D eigenvalue weighted by Crippen LogP contribution is 2.32. The van der Waals surface area contributed by atoms with Gasteiger partial charge in [-0.05, 0) is 19.1 Å². The van der Waals surface area contributed by atoms with Gasteiger partial charge >= 0.3 is 5.97 Å². The number of nitrogens with zero attached hydrogens (tertiary/aromatic N) is 2. The Bertz CT molecular complexity index is 1090. The number of esters is 1. The van der Waals surface area contributed by atoms with E-state index in [0.717, 1.165) is 4.68 Å². The van der Waals surface area contributed by atoms with E-state index in [1.807, 2.05) is 6.07 Å². The molecule has 1 aromatic carbocycles. The van der Waals surface area contributed by atoms with Crippen LogP contribution in [0.25, 0.3) is 16.5 Å². The summed E-state index contributed by atoms with van der Waals surface area (Å²) in [6.07, 6.45) is 0. The van der Waals surface area contributed by atoms with Crippen LogP contribution in [-0.2, 0) is 9.53 Å². The molecule has 1 amide bonds. The summed E-state index contributed by atoms with van der Waals surface area (Å²) in [5, 5.41) is 9.70. The summed E-state index contributed by atoms with van der Waals surface area (Å²) in [7, 11) is 0. The largest absolute Gasteiger partial charge is 0.461 e. The summed E-state index contributed by atoms with van der Waals surface area (Å²) in [6.45, 7) is 7.24. The number of fused-ring (bicyclic) bond motifs is 1. The maximum atomic E-state index is 13.2. The minimum atomic E-state index is -0.633. The highest BCUT2D eigenvalue weighted by Gasteiger charge is 2.26. The number of nitrogens with one attached hydrogen (secondary N) is 1. The van der Waals surface area contributed by atoms with E-state index in [0.29, 0.717) is 16.1 Å². The Morgan fingerprint density at radius 1 is 1.21 bits per heavy atom. The average Bonchev–Trinajstić information content (AvgIpc) is 3.06. The lowest BCUT2D eigenvalue weighted by molar-refractivity contribution is -0.123. The zero-order chi connectivity index (χ0) is 20.5. The number of amides is 1. The molecule has 1 N–H and O–H groups in total. The van der Waals surface area contributed by atoms with Crippen LogP contribution in [0, 0.1) is 5.41 Å². The van der Waals surface area contributed by atoms with Crippen LogP contribution in [-0.4, -0.2) is 28.3 Å². The normalized spacial score (nSPS) is 11.4. The van der Waals surface area contributed by atoms with Crippen molar-refractivity contribution in [3.8, 4) is 5.69 Å². The number of hydrogen-bond donors (Lipinski definition) is 1. The second-order valence-electron chi connectivity index (χ2n) is 7.18. The predicted octanol–water partition coefficient (Wildman–Crippen LogP) is 3.61. The van der Waals surface area contributed by atoms with Gasteiger partial charge in [-0.1, -0.05) is 39.0 Å². The van der Waals surface area contributed by atoms with Crippen molar-refractivity contribution >= 4 is 39.0 Å². The van der Waals surface area contributed by atoms with Crippen LogP contribution in [0.15, 0.2) is 40.5 Å². The SMILES string of the molecule is CCOC(=O)c1nn(-c2ccccc2)c(=O)c2c(NC(=O)C(C)(C)C)scc12. The molecule has 28 heavy (non-hydrogen) atoms. The first-order chi connectivity index (χ1) is 13.2. The molecule has 0 bridgehead atoms. The zero-order valence-electron chi connectivity index (χ0n) is 16.1. The first-order valence-electron chi connectivity index (χ1n) is 8.82. The molecule has 8 heteroatoms. The number of carbonyl (C=O) groups is 2. The van der Waals surface area contributed by atoms with Crippen LogP contribution < -0.4 is 10.9 Å². The third-order valence-corrected chi connectivity index (χ3v) is 4.93. The van der Waals surface area contributed by atoms with E-state index in [1.54, 1.807) is 57.3 Å². The van der Waals surface area contributed by atoms with E-state index >= 15 is 0 Å². The van der Waals surface area contributed by atoms with Gasteiger partial charge in [-0.2, -0.15) is 9.78 Å². The van der Waals surface area contributed by atoms with Gasteiger partial charge in [0.25, 0.3) is 5.56 Å². The number of carbonyl (C=O) groups excluding carboxylic acids is 2. The van der Waals surface area contributed by atoms with Gasteiger partial charge in [-0.15, -0.1) is 11.3 Å². The molecule has 0 spiro atoms. The minimum Gasteiger partial charge on any atom is -0.461 e. The van der Waals surface area contributed by atoms with Crippen molar-refractivity contribution in [2.75, 3.05) is 11.9 Å². The van der Waals surface area contributed by atoms with Gasteiger partial charge in [0.05, 0.1) is 17.7 Å². The molecule has 2 heterocycles. The van der Waals surface area contributed by atoms with E-state index in [9.17, 15) is 14.4 Å². The Hall–Kier alpha value is -3.00. The lowest BCUT2D eigenvalue weighted by atomic mass is 9.96. The van der Waals surface area contributed by atoms with Crippen molar-refractivity contribution in [2.24, 2.45) is 5.41 Å². The smallest absolute Gasteiger partial charge is 0.359 e. The highest BCUT2D eigenvalue weighted by molar-refractivity contribution is 7.16. The molecule has 146 valence electrons. The van der Waals surface area contributed by atoms with Gasteiger partial charge in [0.2, 0.25) is 5.91 Å². The highest BCUT2D eigenvalue weighted by atomic mass is 32.1. The Kier molecular flexibility index (Phi) is 5.33. The van der Waals surface area contributed by atoms with E-state index in [-0.39, 0.29) is 23.6 Å². The third kappa shape index (κ3) is 3.68. The Morgan fingerprint density at radius 2 is 1.89 bits per heavy atom. The summed E-state index contributed by atoms with van der Waals surface area (Å²) in [4.78, 5) is 38.1. The second-order valence-corrected chi connectivity index (χ2v) is 8.06. The van der Waals surface area contributed by atoms with Gasteiger partial charge in [0.15, 0.2) is 5.69 Å². The van der Waals surface area contributed by atoms with Crippen molar-refractivity contribution in [3.05, 3.63) is 51.8 Å². The predicted molar refractivity (Wildman–Crippen MR) is 109 cm³/mol. The molecular formula is C20H21N3O4S. The van der Waals surface area contributed by atoms with Gasteiger partial charge < -0.3 is 10.1 Å². The van der Waals surface area contributed by atoms with E-state index in [4.69, 9.17) is 4.74 Å². The Morgan fingerprint density at radius 3 is 2.50 bits per heavy atom. The summed E-state index contributed by atoms with van der Waals surface area (Å²) in [6, 6.07) is 8.80. The molecular weight excluding hydrogens is 378 g/mol. The molecule has 0 aliphatic heterocycles. The van der Waals surface area contributed by atoms with Crippen LogP contribution in [0.2, 0.25) is 0 Å². The van der Waals surface area contributed by atoms with E-state index < -0.39 is 16.9 Å². The molecule has 0 unspecified atom stereocenters. The molecule has 0 aliphatic rings. The fraction of sp³-hybridized carbons (Fsp3) is 0.300. The van der Waals surface area contributed by atoms with E-state index in [1.165, 1.54) is 11.3 Å². The van der Waals surface area contributed by atoms with Crippen LogP contribution in [0.1, 0.15) is 38.2 Å². The fourth-order valence-corrected chi connectivity index (χ4v) is 3.46. The van der Waals surface area contributed by atoms with Gasteiger partial charge in [-0.3, -0.25) is 9.59 Å². The molecule has 7 nitrogen and oxygen atoms in total. The lowest BCUT2D eigenvalue weighted by Crippen LogP contribution is -2.29. The van der Waals surface area contributed by atoms with Crippen molar-refractivity contribution in [3.63, 3.8) is 0 Å². The minimum absolute atomic E-state index is 0.0350. The molecule has 0 aliphatic carbocycles. The maximum absolute atomic E-state index is 13.2. The number of thiophene rings is 1. The lowest BCUT2D eigenvalue weighted by Gasteiger charge is -2.17. The zero-order valence-corrected chi connectivity index (χ0v) is 16.9. The number of para-hydroxylation sites is 1. The molecule has 0 saturated heterocycles. The first-order valence-corrected chi connectivity index (χ1v) is 9.70. The van der Waals surface area contributed by atoms with Gasteiger partial charge in [0, 0.05) is 16.2 Å². The molecule has 2 aromatic heterocycles. The van der Waals surface area contributed by atoms with Crippen LogP contribution in [0.4, 0.5) is 5.00 Å². The molecule has 0 fully saturated rings. The Labute approximate surface area is 165 Å². The van der Waals surface area contributed by atoms with E-state index in [2.05, 4.69) is 10.4 Å². The maximum Gasteiger partial charge on any atom is 0.359 e. The van der Waals surface area contributed by atoms with Crippen molar-refractivity contribution in [1.82, 2.24) is 9.78 Å². The van der Waals surface area contributed by atoms with Crippen molar-refractivity contribution in [2.45, 2.75) is 27.7 Å². The molecule has 0 saturated carbocycles. The summed E-state index contributed by atoms with van der Waals surface area (Å²) >= 11 is 1.18. The number of rotatable bonds is 4. The van der Waals surface area contributed by atoms with Crippen molar-refractivity contribution < 1.29 is 14.3 Å². The number of hydrogen-bond acceptors (Lipinski definition) is 6. The van der Waals surface area contributed by atoms with Gasteiger partial charge in [-0.25, -0.2) is 4.79 Å². The number of anilines is 1. The molecule has 0 radical (unpaired) electrons. The third-order valence-electron chi connectivity index (χ3n) is 4.03. The van der Waals surface area contributed by atoms with Gasteiger partial charge in [0.1, 0.15) is 5.00 Å². The number of benzene rings is 1. The monoisotopic (exact) mass is 399 g/mol. The molecule has 0 atom stereocenters. The number of aromatic nitrogens is 2. The van der Waals surface area contributed by atoms with Crippen molar-refractivity contribution in [1.29, 1.82) is 0 Å². The second kappa shape index (κ2) is 7.55. The quantitative estimate of drug-likeness (QED) is 0.677. The fourth-order valence-electron chi connectivity index (χ4n) is 2.53. The topological polar surface area (TPSA) is 90.3 Å².